The summed E-state index contributed by atoms with van der Waals surface area (Å²) < 4.78 is 13.0. The number of nitrogens with two attached hydrogens (primary N) is 1. The molecule has 2 nitrogen and oxygen atoms in total. The molecule has 0 saturated heterocycles. The van der Waals surface area contributed by atoms with Crippen LogP contribution in [-0.2, 0) is 0 Å². The first kappa shape index (κ1) is 12.3. The maximum absolute atomic E-state index is 13.0. The van der Waals surface area contributed by atoms with Crippen LogP contribution in [-0.4, -0.2) is 5.11 Å². The largest absolute Gasteiger partial charge is 0.505 e. The molecule has 0 unspecified atom stereocenters. The van der Waals surface area contributed by atoms with E-state index in [2.05, 4.69) is 0 Å². The van der Waals surface area contributed by atoms with Gasteiger partial charge in [0.25, 0.3) is 0 Å². The second kappa shape index (κ2) is 4.81. The molecule has 1 aliphatic carbocycles. The molecular weight excluding hydrogens is 217 g/mol. The van der Waals surface area contributed by atoms with Crippen molar-refractivity contribution >= 4 is 12.4 Å². The van der Waals surface area contributed by atoms with Crippen LogP contribution < -0.4 is 5.73 Å². The van der Waals surface area contributed by atoms with Gasteiger partial charge in [-0.15, -0.1) is 12.4 Å². The number of hydrogen-bond donors (Lipinski definition) is 2. The Hall–Kier alpha value is -0.800. The minimum absolute atomic E-state index is 0. The van der Waals surface area contributed by atoms with Crippen molar-refractivity contribution in [1.29, 1.82) is 0 Å². The Balaban J connectivity index is 0.00000112. The predicted molar refractivity (Wildman–Crippen MR) is 59.6 cm³/mol. The van der Waals surface area contributed by atoms with E-state index in [4.69, 9.17) is 5.73 Å². The van der Waals surface area contributed by atoms with Crippen LogP contribution in [0, 0.1) is 11.7 Å². The molecule has 3 N–H and O–H groups in total. The molecular formula is C11H15ClFNO. The van der Waals surface area contributed by atoms with Gasteiger partial charge in [0, 0.05) is 11.6 Å². The van der Waals surface area contributed by atoms with Crippen LogP contribution in [0.2, 0.25) is 0 Å². The Bertz CT molecular complexity index is 341. The highest BCUT2D eigenvalue weighted by Gasteiger charge is 2.27. The number of phenols is 1. The van der Waals surface area contributed by atoms with Gasteiger partial charge in [0.15, 0.2) is 11.6 Å². The Labute approximate surface area is 94.7 Å². The third-order valence-electron chi connectivity index (χ3n) is 3.03. The van der Waals surface area contributed by atoms with E-state index in [9.17, 15) is 9.50 Å². The highest BCUT2D eigenvalue weighted by atomic mass is 35.5. The van der Waals surface area contributed by atoms with Gasteiger partial charge in [-0.2, -0.15) is 0 Å². The highest BCUT2D eigenvalue weighted by molar-refractivity contribution is 5.85. The number of hydrogen-bond acceptors (Lipinski definition) is 2. The maximum atomic E-state index is 13.0. The van der Waals surface area contributed by atoms with Crippen LogP contribution >= 0.6 is 12.4 Å². The molecule has 0 radical (unpaired) electrons. The lowest BCUT2D eigenvalue weighted by molar-refractivity contribution is 0.259. The van der Waals surface area contributed by atoms with E-state index in [1.165, 1.54) is 12.5 Å². The SMILES string of the molecule is Cl.N[C@H](c1cccc(F)c1O)C1CCC1. The third-order valence-corrected chi connectivity index (χ3v) is 3.03. The van der Waals surface area contributed by atoms with E-state index >= 15 is 0 Å². The number of benzene rings is 1. The lowest BCUT2D eigenvalue weighted by atomic mass is 9.77. The summed E-state index contributed by atoms with van der Waals surface area (Å²) >= 11 is 0. The van der Waals surface area contributed by atoms with E-state index in [1.54, 1.807) is 12.1 Å². The number of para-hydroxylation sites is 1. The summed E-state index contributed by atoms with van der Waals surface area (Å²) in [5.74, 6) is -0.466. The average molecular weight is 232 g/mol. The van der Waals surface area contributed by atoms with Gasteiger partial charge in [-0.3, -0.25) is 0 Å². The fraction of sp³-hybridized carbons (Fsp3) is 0.455. The summed E-state index contributed by atoms with van der Waals surface area (Å²) in [6.45, 7) is 0. The van der Waals surface area contributed by atoms with Crippen molar-refractivity contribution in [1.82, 2.24) is 0 Å². The van der Waals surface area contributed by atoms with Crippen LogP contribution in [0.4, 0.5) is 4.39 Å². The molecule has 0 spiro atoms. The van der Waals surface area contributed by atoms with E-state index in [0.717, 1.165) is 12.8 Å². The second-order valence-corrected chi connectivity index (χ2v) is 3.89. The zero-order valence-electron chi connectivity index (χ0n) is 8.32. The van der Waals surface area contributed by atoms with Gasteiger partial charge >= 0.3 is 0 Å². The van der Waals surface area contributed by atoms with Crippen molar-refractivity contribution in [2.24, 2.45) is 11.7 Å². The van der Waals surface area contributed by atoms with Gasteiger partial charge < -0.3 is 10.8 Å². The molecule has 15 heavy (non-hydrogen) atoms. The lowest BCUT2D eigenvalue weighted by Crippen LogP contribution is -2.26. The average Bonchev–Trinajstić information content (AvgIpc) is 2.06. The fourth-order valence-corrected chi connectivity index (χ4v) is 1.85. The van der Waals surface area contributed by atoms with Crippen LogP contribution in [0.15, 0.2) is 18.2 Å². The molecule has 1 aliphatic rings. The van der Waals surface area contributed by atoms with Gasteiger partial charge in [0.1, 0.15) is 0 Å². The van der Waals surface area contributed by atoms with Crippen molar-refractivity contribution in [2.45, 2.75) is 25.3 Å². The van der Waals surface area contributed by atoms with E-state index in [1.807, 2.05) is 0 Å². The molecule has 1 fully saturated rings. The first-order valence-electron chi connectivity index (χ1n) is 4.93. The first-order valence-corrected chi connectivity index (χ1v) is 4.93. The summed E-state index contributed by atoms with van der Waals surface area (Å²) in [5, 5.41) is 9.48. The first-order chi connectivity index (χ1) is 6.70. The molecule has 2 rings (SSSR count). The minimum atomic E-state index is -0.586. The molecule has 4 heteroatoms. The Morgan fingerprint density at radius 1 is 1.40 bits per heavy atom. The van der Waals surface area contributed by atoms with Crippen molar-refractivity contribution in [3.8, 4) is 5.75 Å². The quantitative estimate of drug-likeness (QED) is 0.822. The van der Waals surface area contributed by atoms with Crippen LogP contribution in [0.5, 0.6) is 5.75 Å². The molecule has 1 aromatic carbocycles. The van der Waals surface area contributed by atoms with E-state index < -0.39 is 5.82 Å². The maximum Gasteiger partial charge on any atom is 0.165 e. The van der Waals surface area contributed by atoms with Gasteiger partial charge in [-0.05, 0) is 24.8 Å². The Kier molecular flexibility index (Phi) is 3.94. The zero-order chi connectivity index (χ0) is 10.1. The summed E-state index contributed by atoms with van der Waals surface area (Å²) in [4.78, 5) is 0. The normalized spacial score (nSPS) is 17.7. The van der Waals surface area contributed by atoms with E-state index in [-0.39, 0.29) is 24.2 Å². The third kappa shape index (κ3) is 2.24. The molecule has 0 bridgehead atoms. The molecule has 1 aromatic rings. The van der Waals surface area contributed by atoms with Crippen LogP contribution in [0.25, 0.3) is 0 Å². The van der Waals surface area contributed by atoms with E-state index in [0.29, 0.717) is 11.5 Å². The van der Waals surface area contributed by atoms with Crippen molar-refractivity contribution in [3.05, 3.63) is 29.6 Å². The summed E-state index contributed by atoms with van der Waals surface area (Å²) in [7, 11) is 0. The predicted octanol–water partition coefficient (Wildman–Crippen LogP) is 2.75. The summed E-state index contributed by atoms with van der Waals surface area (Å²) in [6, 6.07) is 4.30. The molecule has 0 aromatic heterocycles. The lowest BCUT2D eigenvalue weighted by Gasteiger charge is -2.31. The Morgan fingerprint density at radius 2 is 2.07 bits per heavy atom. The minimum Gasteiger partial charge on any atom is -0.505 e. The number of halogens is 2. The number of rotatable bonds is 2. The molecule has 0 heterocycles. The van der Waals surface area contributed by atoms with Crippen LogP contribution in [0.3, 0.4) is 0 Å². The summed E-state index contributed by atoms with van der Waals surface area (Å²) in [5.41, 5.74) is 6.48. The topological polar surface area (TPSA) is 46.2 Å². The molecule has 1 saturated carbocycles. The molecule has 0 amide bonds. The number of aromatic hydroxyl groups is 1. The van der Waals surface area contributed by atoms with Gasteiger partial charge in [0.05, 0.1) is 0 Å². The van der Waals surface area contributed by atoms with Crippen molar-refractivity contribution in [3.63, 3.8) is 0 Å². The Morgan fingerprint density at radius 3 is 2.60 bits per heavy atom. The second-order valence-electron chi connectivity index (χ2n) is 3.89. The van der Waals surface area contributed by atoms with Crippen LogP contribution in [0.1, 0.15) is 30.9 Å². The molecule has 84 valence electrons. The molecule has 0 aliphatic heterocycles. The van der Waals surface area contributed by atoms with Crippen molar-refractivity contribution in [2.75, 3.05) is 0 Å². The van der Waals surface area contributed by atoms with Gasteiger partial charge in [0.2, 0.25) is 0 Å². The summed E-state index contributed by atoms with van der Waals surface area (Å²) in [6.07, 6.45) is 3.35. The number of phenolic OH excluding ortho intramolecular Hbond substituents is 1. The highest BCUT2D eigenvalue weighted by Crippen LogP contribution is 2.39. The van der Waals surface area contributed by atoms with Crippen molar-refractivity contribution < 1.29 is 9.50 Å². The molecule has 1 atom stereocenters. The standard InChI is InChI=1S/C11H14FNO.ClH/c12-9-6-2-5-8(11(9)14)10(13)7-3-1-4-7;/h2,5-7,10,14H,1,3-4,13H2;1H/t10-;/m0./s1. The smallest absolute Gasteiger partial charge is 0.165 e. The zero-order valence-corrected chi connectivity index (χ0v) is 9.14. The van der Waals surface area contributed by atoms with Gasteiger partial charge in [-0.25, -0.2) is 4.39 Å². The monoisotopic (exact) mass is 231 g/mol. The van der Waals surface area contributed by atoms with Gasteiger partial charge in [-0.1, -0.05) is 18.6 Å². The fourth-order valence-electron chi connectivity index (χ4n) is 1.85.